The number of nitrogens with one attached hydrogen (secondary N) is 2. The Morgan fingerprint density at radius 3 is 2.96 bits per heavy atom. The Kier molecular flexibility index (Phi) is 5.04. The number of hydrogen-bond donors (Lipinski definition) is 2. The van der Waals surface area contributed by atoms with Crippen LogP contribution >= 0.6 is 0 Å². The molecule has 3 aromatic rings. The second-order valence-electron chi connectivity index (χ2n) is 6.19. The molecule has 7 nitrogen and oxygen atoms in total. The highest BCUT2D eigenvalue weighted by molar-refractivity contribution is 5.95. The maximum absolute atomic E-state index is 12.5. The average molecular weight is 341 g/mol. The second-order valence-corrected chi connectivity index (χ2v) is 6.19. The van der Waals surface area contributed by atoms with E-state index in [1.165, 1.54) is 0 Å². The van der Waals surface area contributed by atoms with E-state index in [9.17, 15) is 4.79 Å². The Labute approximate surface area is 146 Å². The standard InChI is InChI=1S/C18H23N5O2/c1-22(2)8-9-23-17(6-7-20-23)21-18(24)10-13-12-19-16-5-4-14(25-3)11-15(13)16/h4-7,11-12,19H,8-10H2,1-3H3,(H,21,24). The van der Waals surface area contributed by atoms with Crippen molar-refractivity contribution in [1.82, 2.24) is 19.7 Å². The van der Waals surface area contributed by atoms with Crippen LogP contribution < -0.4 is 10.1 Å². The molecule has 0 saturated heterocycles. The quantitative estimate of drug-likeness (QED) is 0.690. The largest absolute Gasteiger partial charge is 0.497 e. The van der Waals surface area contributed by atoms with E-state index in [2.05, 4.69) is 20.3 Å². The van der Waals surface area contributed by atoms with Crippen LogP contribution in [0.15, 0.2) is 36.7 Å². The number of carbonyl (C=O) groups excluding carboxylic acids is 1. The summed E-state index contributed by atoms with van der Waals surface area (Å²) in [7, 11) is 5.65. The van der Waals surface area contributed by atoms with Crippen molar-refractivity contribution in [2.45, 2.75) is 13.0 Å². The Bertz CT molecular complexity index is 865. The van der Waals surface area contributed by atoms with Gasteiger partial charge in [0.05, 0.1) is 26.3 Å². The fourth-order valence-corrected chi connectivity index (χ4v) is 2.70. The minimum atomic E-state index is -0.0738. The smallest absolute Gasteiger partial charge is 0.230 e. The van der Waals surface area contributed by atoms with Crippen LogP contribution in [0.2, 0.25) is 0 Å². The number of carbonyl (C=O) groups is 1. The predicted molar refractivity (Wildman–Crippen MR) is 98.0 cm³/mol. The molecule has 0 saturated carbocycles. The van der Waals surface area contributed by atoms with Crippen molar-refractivity contribution in [2.24, 2.45) is 0 Å². The van der Waals surface area contributed by atoms with Crippen LogP contribution in [0, 0.1) is 0 Å². The third-order valence-electron chi connectivity index (χ3n) is 4.07. The zero-order chi connectivity index (χ0) is 17.8. The average Bonchev–Trinajstić information content (AvgIpc) is 3.19. The summed E-state index contributed by atoms with van der Waals surface area (Å²) in [6.45, 7) is 1.58. The number of aromatic amines is 1. The van der Waals surface area contributed by atoms with Crippen molar-refractivity contribution in [1.29, 1.82) is 0 Å². The van der Waals surface area contributed by atoms with Crippen LogP contribution in [0.4, 0.5) is 5.82 Å². The Morgan fingerprint density at radius 2 is 2.20 bits per heavy atom. The minimum Gasteiger partial charge on any atom is -0.497 e. The first-order chi connectivity index (χ1) is 12.1. The first-order valence-corrected chi connectivity index (χ1v) is 8.17. The van der Waals surface area contributed by atoms with Gasteiger partial charge in [-0.1, -0.05) is 0 Å². The molecule has 0 aliphatic rings. The van der Waals surface area contributed by atoms with Gasteiger partial charge in [-0.2, -0.15) is 5.10 Å². The number of hydrogen-bond acceptors (Lipinski definition) is 4. The number of H-pyrrole nitrogens is 1. The molecule has 0 spiro atoms. The van der Waals surface area contributed by atoms with Gasteiger partial charge in [0.2, 0.25) is 5.91 Å². The second kappa shape index (κ2) is 7.40. The number of fused-ring (bicyclic) bond motifs is 1. The van der Waals surface area contributed by atoms with Gasteiger partial charge in [-0.3, -0.25) is 4.79 Å². The molecule has 0 aliphatic heterocycles. The Hall–Kier alpha value is -2.80. The zero-order valence-electron chi connectivity index (χ0n) is 14.7. The van der Waals surface area contributed by atoms with E-state index in [-0.39, 0.29) is 12.3 Å². The third-order valence-corrected chi connectivity index (χ3v) is 4.07. The molecule has 132 valence electrons. The normalized spacial score (nSPS) is 11.2. The summed E-state index contributed by atoms with van der Waals surface area (Å²) in [5.74, 6) is 1.41. The van der Waals surface area contributed by atoms with Gasteiger partial charge in [-0.05, 0) is 37.9 Å². The SMILES string of the molecule is COc1ccc2[nH]cc(CC(=O)Nc3ccnn3CCN(C)C)c2c1. The fraction of sp³-hybridized carbons (Fsp3) is 0.333. The lowest BCUT2D eigenvalue weighted by molar-refractivity contribution is -0.115. The summed E-state index contributed by atoms with van der Waals surface area (Å²) in [5.41, 5.74) is 1.92. The molecule has 0 unspecified atom stereocenters. The van der Waals surface area contributed by atoms with Gasteiger partial charge >= 0.3 is 0 Å². The molecule has 0 bridgehead atoms. The van der Waals surface area contributed by atoms with Crippen LogP contribution in [0.3, 0.4) is 0 Å². The number of nitrogens with zero attached hydrogens (tertiary/aromatic N) is 3. The molecule has 7 heteroatoms. The molecule has 0 radical (unpaired) electrons. The molecule has 2 aromatic heterocycles. The molecular formula is C18H23N5O2. The number of benzene rings is 1. The van der Waals surface area contributed by atoms with Crippen molar-refractivity contribution >= 4 is 22.6 Å². The van der Waals surface area contributed by atoms with Crippen molar-refractivity contribution in [3.63, 3.8) is 0 Å². The lowest BCUT2D eigenvalue weighted by atomic mass is 10.1. The summed E-state index contributed by atoms with van der Waals surface area (Å²) in [6, 6.07) is 7.60. The van der Waals surface area contributed by atoms with Gasteiger partial charge in [0.25, 0.3) is 0 Å². The molecule has 0 fully saturated rings. The molecule has 0 aliphatic carbocycles. The molecule has 2 N–H and O–H groups in total. The van der Waals surface area contributed by atoms with Crippen LogP contribution in [-0.2, 0) is 17.8 Å². The lowest BCUT2D eigenvalue weighted by Gasteiger charge is -2.12. The fourth-order valence-electron chi connectivity index (χ4n) is 2.70. The number of aromatic nitrogens is 3. The highest BCUT2D eigenvalue weighted by Crippen LogP contribution is 2.24. The first kappa shape index (κ1) is 17.0. The maximum atomic E-state index is 12.5. The topological polar surface area (TPSA) is 75.2 Å². The van der Waals surface area contributed by atoms with Gasteiger partial charge in [0.1, 0.15) is 11.6 Å². The van der Waals surface area contributed by atoms with Gasteiger partial charge in [0.15, 0.2) is 0 Å². The molecule has 0 atom stereocenters. The summed E-state index contributed by atoms with van der Waals surface area (Å²) < 4.78 is 7.07. The van der Waals surface area contributed by atoms with Gasteiger partial charge in [-0.25, -0.2) is 4.68 Å². The number of methoxy groups -OCH3 is 1. The predicted octanol–water partition coefficient (Wildman–Crippen LogP) is 2.12. The van der Waals surface area contributed by atoms with Gasteiger partial charge in [-0.15, -0.1) is 0 Å². The van der Waals surface area contributed by atoms with Crippen molar-refractivity contribution in [3.05, 3.63) is 42.2 Å². The highest BCUT2D eigenvalue weighted by atomic mass is 16.5. The molecule has 2 heterocycles. The summed E-state index contributed by atoms with van der Waals surface area (Å²) in [4.78, 5) is 17.7. The van der Waals surface area contributed by atoms with E-state index in [1.807, 2.05) is 44.6 Å². The lowest BCUT2D eigenvalue weighted by Crippen LogP contribution is -2.22. The molecule has 1 aromatic carbocycles. The monoisotopic (exact) mass is 341 g/mol. The van der Waals surface area contributed by atoms with Gasteiger partial charge < -0.3 is 19.9 Å². The van der Waals surface area contributed by atoms with Crippen LogP contribution in [-0.4, -0.2) is 53.3 Å². The summed E-state index contributed by atoms with van der Waals surface area (Å²) >= 11 is 0. The van der Waals surface area contributed by atoms with Gasteiger partial charge in [0, 0.05) is 29.7 Å². The maximum Gasteiger partial charge on any atom is 0.230 e. The number of likely N-dealkylation sites (N-methyl/N-ethyl adjacent to an activating group) is 1. The first-order valence-electron chi connectivity index (χ1n) is 8.17. The summed E-state index contributed by atoms with van der Waals surface area (Å²) in [6.07, 6.45) is 3.85. The molecule has 25 heavy (non-hydrogen) atoms. The molecule has 3 rings (SSSR count). The third kappa shape index (κ3) is 4.00. The van der Waals surface area contributed by atoms with E-state index in [1.54, 1.807) is 18.0 Å². The number of anilines is 1. The van der Waals surface area contributed by atoms with E-state index in [0.717, 1.165) is 35.3 Å². The summed E-state index contributed by atoms with van der Waals surface area (Å²) in [5, 5.41) is 8.20. The van der Waals surface area contributed by atoms with E-state index in [0.29, 0.717) is 5.82 Å². The van der Waals surface area contributed by atoms with Crippen LogP contribution in [0.1, 0.15) is 5.56 Å². The van der Waals surface area contributed by atoms with E-state index < -0.39 is 0 Å². The minimum absolute atomic E-state index is 0.0738. The van der Waals surface area contributed by atoms with E-state index >= 15 is 0 Å². The Balaban J connectivity index is 1.70. The Morgan fingerprint density at radius 1 is 1.36 bits per heavy atom. The van der Waals surface area contributed by atoms with Crippen LogP contribution in [0.25, 0.3) is 10.9 Å². The highest BCUT2D eigenvalue weighted by Gasteiger charge is 2.12. The molecule has 1 amide bonds. The number of amides is 1. The van der Waals surface area contributed by atoms with Crippen molar-refractivity contribution in [2.75, 3.05) is 33.1 Å². The van der Waals surface area contributed by atoms with Crippen molar-refractivity contribution in [3.8, 4) is 5.75 Å². The van der Waals surface area contributed by atoms with E-state index in [4.69, 9.17) is 4.74 Å². The van der Waals surface area contributed by atoms with Crippen molar-refractivity contribution < 1.29 is 9.53 Å². The molecular weight excluding hydrogens is 318 g/mol. The number of ether oxygens (including phenoxy) is 1. The zero-order valence-corrected chi connectivity index (χ0v) is 14.7. The number of rotatable bonds is 7. The van der Waals surface area contributed by atoms with Crippen LogP contribution in [0.5, 0.6) is 5.75 Å².